The van der Waals surface area contributed by atoms with Crippen LogP contribution in [0.5, 0.6) is 0 Å². The highest BCUT2D eigenvalue weighted by molar-refractivity contribution is 6.36. The van der Waals surface area contributed by atoms with Crippen molar-refractivity contribution in [3.63, 3.8) is 0 Å². The van der Waals surface area contributed by atoms with Gasteiger partial charge >= 0.3 is 6.09 Å². The number of hydrogen-bond donors (Lipinski definition) is 0. The fraction of sp³-hybridized carbons (Fsp3) is 0.459. The zero-order chi connectivity index (χ0) is 34.8. The number of amides is 2. The minimum atomic E-state index is -0.646. The maximum absolute atomic E-state index is 14.7. The average molecular weight is 684 g/mol. The van der Waals surface area contributed by atoms with E-state index in [0.29, 0.717) is 24.5 Å². The maximum Gasteiger partial charge on any atom is 0.410 e. The van der Waals surface area contributed by atoms with E-state index in [1.54, 1.807) is 29.2 Å². The minimum absolute atomic E-state index is 0.0269. The molecule has 0 N–H and O–H groups in total. The van der Waals surface area contributed by atoms with E-state index in [2.05, 4.69) is 44.8 Å². The summed E-state index contributed by atoms with van der Waals surface area (Å²) in [5, 5.41) is 0.189. The van der Waals surface area contributed by atoms with Gasteiger partial charge in [-0.05, 0) is 81.3 Å². The van der Waals surface area contributed by atoms with Gasteiger partial charge in [0.25, 0.3) is 5.91 Å². The number of rotatable bonds is 6. The summed E-state index contributed by atoms with van der Waals surface area (Å²) in [4.78, 5) is 39.9. The maximum atomic E-state index is 14.7. The molecule has 2 heterocycles. The van der Waals surface area contributed by atoms with E-state index in [1.165, 1.54) is 6.07 Å². The van der Waals surface area contributed by atoms with Crippen LogP contribution in [-0.2, 0) is 16.0 Å². The van der Waals surface area contributed by atoms with Crippen molar-refractivity contribution in [3.8, 4) is 11.3 Å². The molecule has 0 spiro atoms. The summed E-state index contributed by atoms with van der Waals surface area (Å²) in [6.45, 7) is 18.5. The predicted molar refractivity (Wildman–Crippen MR) is 188 cm³/mol. The Hall–Kier alpha value is -3.49. The van der Waals surface area contributed by atoms with Gasteiger partial charge in [0.05, 0.1) is 22.7 Å². The molecule has 4 rings (SSSR count). The van der Waals surface area contributed by atoms with E-state index in [-0.39, 0.29) is 57.7 Å². The second kappa shape index (κ2) is 14.7. The summed E-state index contributed by atoms with van der Waals surface area (Å²) in [7, 11) is 0. The number of amidine groups is 1. The Morgan fingerprint density at radius 2 is 1.53 bits per heavy atom. The number of hydrogen-bond acceptors (Lipinski definition) is 4. The zero-order valence-corrected chi connectivity index (χ0v) is 30.2. The van der Waals surface area contributed by atoms with E-state index >= 15 is 0 Å². The Kier molecular flexibility index (Phi) is 11.4. The number of piperazine rings is 1. The molecule has 0 radical (unpaired) electrons. The van der Waals surface area contributed by atoms with Gasteiger partial charge in [0, 0.05) is 30.7 Å². The molecule has 1 aliphatic heterocycles. The second-order valence-electron chi connectivity index (χ2n) is 13.9. The van der Waals surface area contributed by atoms with E-state index in [1.807, 2.05) is 45.6 Å². The number of aliphatic imine (C=N–C) groups is 1. The fourth-order valence-electron chi connectivity index (χ4n) is 5.96. The normalized spacial score (nSPS) is 17.4. The highest BCUT2D eigenvalue weighted by Crippen LogP contribution is 2.34. The Balaban J connectivity index is 1.81. The lowest BCUT2D eigenvalue weighted by Crippen LogP contribution is -2.60. The SMILES string of the molecule is CC(C)c1cccc(C(C)C)c1CC(=O)N=C(c1cc(Cl)c(-c2ccccc2F)nc1Cl)N1C[C@@H](C)N(C(=O)OC(C)(C)C)C[C@@H]1C. The van der Waals surface area contributed by atoms with Crippen LogP contribution in [0.4, 0.5) is 9.18 Å². The van der Waals surface area contributed by atoms with Crippen LogP contribution in [-0.4, -0.2) is 63.4 Å². The molecule has 10 heteroatoms. The molecule has 2 amide bonds. The molecular weight excluding hydrogens is 638 g/mol. The largest absolute Gasteiger partial charge is 0.444 e. The molecule has 1 aromatic heterocycles. The van der Waals surface area contributed by atoms with Crippen molar-refractivity contribution in [2.24, 2.45) is 4.99 Å². The molecule has 2 atom stereocenters. The summed E-state index contributed by atoms with van der Waals surface area (Å²) in [5.41, 5.74) is 3.27. The van der Waals surface area contributed by atoms with Crippen molar-refractivity contribution in [2.45, 2.75) is 98.3 Å². The Morgan fingerprint density at radius 3 is 2.11 bits per heavy atom. The topological polar surface area (TPSA) is 75.1 Å². The van der Waals surface area contributed by atoms with Crippen molar-refractivity contribution in [1.29, 1.82) is 0 Å². The Bertz CT molecular complexity index is 1640. The van der Waals surface area contributed by atoms with Crippen LogP contribution in [0.1, 0.15) is 96.4 Å². The fourth-order valence-corrected chi connectivity index (χ4v) is 6.44. The van der Waals surface area contributed by atoms with Gasteiger partial charge in [0.2, 0.25) is 0 Å². The van der Waals surface area contributed by atoms with Crippen molar-refractivity contribution in [3.05, 3.63) is 86.8 Å². The zero-order valence-electron chi connectivity index (χ0n) is 28.7. The molecule has 0 unspecified atom stereocenters. The second-order valence-corrected chi connectivity index (χ2v) is 14.6. The molecule has 252 valence electrons. The summed E-state index contributed by atoms with van der Waals surface area (Å²) < 4.78 is 20.4. The lowest BCUT2D eigenvalue weighted by molar-refractivity contribution is -0.117. The summed E-state index contributed by atoms with van der Waals surface area (Å²) in [5.74, 6) is -0.115. The van der Waals surface area contributed by atoms with Gasteiger partial charge in [-0.1, -0.05) is 81.2 Å². The van der Waals surface area contributed by atoms with E-state index < -0.39 is 17.5 Å². The number of aromatic nitrogens is 1. The molecule has 0 bridgehead atoms. The van der Waals surface area contributed by atoms with Crippen LogP contribution in [0.25, 0.3) is 11.3 Å². The van der Waals surface area contributed by atoms with E-state index in [9.17, 15) is 14.0 Å². The van der Waals surface area contributed by atoms with Crippen LogP contribution >= 0.6 is 23.2 Å². The number of nitrogens with zero attached hydrogens (tertiary/aromatic N) is 4. The molecule has 2 aromatic carbocycles. The predicted octanol–water partition coefficient (Wildman–Crippen LogP) is 9.29. The van der Waals surface area contributed by atoms with Crippen LogP contribution in [0.3, 0.4) is 0 Å². The van der Waals surface area contributed by atoms with Gasteiger partial charge < -0.3 is 14.5 Å². The van der Waals surface area contributed by atoms with Gasteiger partial charge in [-0.3, -0.25) is 4.79 Å². The number of halogens is 3. The Morgan fingerprint density at radius 1 is 0.957 bits per heavy atom. The number of ether oxygens (including phenoxy) is 1. The molecule has 47 heavy (non-hydrogen) atoms. The third kappa shape index (κ3) is 8.52. The molecule has 1 aliphatic rings. The van der Waals surface area contributed by atoms with Crippen LogP contribution in [0.15, 0.2) is 53.5 Å². The van der Waals surface area contributed by atoms with Gasteiger partial charge in [0.1, 0.15) is 22.4 Å². The van der Waals surface area contributed by atoms with Gasteiger partial charge in [-0.2, -0.15) is 4.99 Å². The van der Waals surface area contributed by atoms with Gasteiger partial charge in [-0.15, -0.1) is 0 Å². The first-order valence-electron chi connectivity index (χ1n) is 16.1. The monoisotopic (exact) mass is 682 g/mol. The van der Waals surface area contributed by atoms with Crippen molar-refractivity contribution < 1.29 is 18.7 Å². The van der Waals surface area contributed by atoms with Gasteiger partial charge in [-0.25, -0.2) is 14.2 Å². The van der Waals surface area contributed by atoms with Crippen LogP contribution in [0.2, 0.25) is 10.2 Å². The molecule has 3 aromatic rings. The Labute approximate surface area is 288 Å². The number of carbonyl (C=O) groups is 2. The first-order valence-corrected chi connectivity index (χ1v) is 16.8. The van der Waals surface area contributed by atoms with Crippen LogP contribution < -0.4 is 0 Å². The van der Waals surface area contributed by atoms with Crippen LogP contribution in [0, 0.1) is 5.82 Å². The molecule has 1 fully saturated rings. The lowest BCUT2D eigenvalue weighted by Gasteiger charge is -2.45. The van der Waals surface area contributed by atoms with E-state index in [4.69, 9.17) is 32.9 Å². The van der Waals surface area contributed by atoms with E-state index in [0.717, 1.165) is 16.7 Å². The smallest absolute Gasteiger partial charge is 0.410 e. The standard InChI is InChI=1S/C37H45Cl2FN4O3/c1-21(2)25-14-12-15-26(22(3)4)28(25)18-32(45)41-35(43-19-24(6)44(20-23(43)5)36(46)47-37(7,8)9)29-17-30(38)33(42-34(29)39)27-13-10-11-16-31(27)40/h10-17,21-24H,18-20H2,1-9H3/t23-,24+/m0/s1. The highest BCUT2D eigenvalue weighted by Gasteiger charge is 2.37. The summed E-state index contributed by atoms with van der Waals surface area (Å²) in [6.07, 6.45) is -0.311. The first kappa shape index (κ1) is 36.3. The molecule has 1 saturated heterocycles. The molecule has 7 nitrogen and oxygen atoms in total. The molecular formula is C37H45Cl2FN4O3. The van der Waals surface area contributed by atoms with Gasteiger partial charge in [0.15, 0.2) is 0 Å². The number of pyridine rings is 1. The summed E-state index contributed by atoms with van der Waals surface area (Å²) >= 11 is 13.6. The third-order valence-corrected chi connectivity index (χ3v) is 8.81. The minimum Gasteiger partial charge on any atom is -0.444 e. The third-order valence-electron chi connectivity index (χ3n) is 8.24. The quantitative estimate of drug-likeness (QED) is 0.147. The molecule has 0 aliphatic carbocycles. The lowest BCUT2D eigenvalue weighted by atomic mass is 9.87. The molecule has 0 saturated carbocycles. The summed E-state index contributed by atoms with van der Waals surface area (Å²) in [6, 6.07) is 13.4. The number of carbonyl (C=O) groups excluding carboxylic acids is 2. The van der Waals surface area contributed by atoms with Crippen molar-refractivity contribution in [2.75, 3.05) is 13.1 Å². The first-order chi connectivity index (χ1) is 22.0. The van der Waals surface area contributed by atoms with Crippen molar-refractivity contribution in [1.82, 2.24) is 14.8 Å². The average Bonchev–Trinajstić information content (AvgIpc) is 2.97. The highest BCUT2D eigenvalue weighted by atomic mass is 35.5. The van der Waals surface area contributed by atoms with Crippen molar-refractivity contribution >= 4 is 41.0 Å². The number of benzene rings is 2.